The molecule has 0 spiro atoms. The van der Waals surface area contributed by atoms with E-state index in [0.29, 0.717) is 12.3 Å². The third kappa shape index (κ3) is 4.28. The zero-order valence-corrected chi connectivity index (χ0v) is 13.2. The Morgan fingerprint density at radius 2 is 2.10 bits per heavy atom. The van der Waals surface area contributed by atoms with Crippen molar-refractivity contribution in [1.29, 1.82) is 0 Å². The van der Waals surface area contributed by atoms with Gasteiger partial charge in [-0.25, -0.2) is 0 Å². The number of nitrogens with zero attached hydrogens (tertiary/aromatic N) is 3. The van der Waals surface area contributed by atoms with Crippen LogP contribution in [-0.2, 0) is 0 Å². The van der Waals surface area contributed by atoms with Gasteiger partial charge in [-0.05, 0) is 18.6 Å². The Kier molecular flexibility index (Phi) is 5.49. The molecule has 0 aliphatic rings. The molecule has 108 valence electrons. The van der Waals surface area contributed by atoms with Crippen LogP contribution in [0.1, 0.15) is 6.42 Å². The Morgan fingerprint density at radius 3 is 2.80 bits per heavy atom. The minimum absolute atomic E-state index is 0.653. The second-order valence-corrected chi connectivity index (χ2v) is 6.63. The van der Waals surface area contributed by atoms with Crippen molar-refractivity contribution in [1.82, 2.24) is 10.2 Å². The highest BCUT2D eigenvalue weighted by atomic mass is 32.2. The number of nitrogen functional groups attached to an aromatic ring is 1. The maximum Gasteiger partial charge on any atom is 0.208 e. The van der Waals surface area contributed by atoms with Gasteiger partial charge >= 0.3 is 0 Å². The number of anilines is 2. The number of nitrogens with two attached hydrogens (primary N) is 1. The summed E-state index contributed by atoms with van der Waals surface area (Å²) in [4.78, 5) is 1.96. The lowest BCUT2D eigenvalue weighted by Gasteiger charge is -2.07. The van der Waals surface area contributed by atoms with Gasteiger partial charge in [0, 0.05) is 19.8 Å². The van der Waals surface area contributed by atoms with Crippen LogP contribution in [0.5, 0.6) is 5.75 Å². The molecule has 0 unspecified atom stereocenters. The van der Waals surface area contributed by atoms with E-state index in [1.807, 2.05) is 43.3 Å². The second kappa shape index (κ2) is 7.35. The highest BCUT2D eigenvalue weighted by Gasteiger charge is 2.06. The fraction of sp³-hybridized carbons (Fsp3) is 0.385. The molecule has 1 heterocycles. The number of hydrogen-bond acceptors (Lipinski definition) is 7. The molecule has 2 aromatic rings. The van der Waals surface area contributed by atoms with Gasteiger partial charge in [-0.2, -0.15) is 0 Å². The summed E-state index contributed by atoms with van der Waals surface area (Å²) in [7, 11) is 3.93. The molecule has 0 saturated carbocycles. The molecule has 0 bridgehead atoms. The number of aromatic nitrogens is 2. The van der Waals surface area contributed by atoms with E-state index in [2.05, 4.69) is 10.2 Å². The van der Waals surface area contributed by atoms with Gasteiger partial charge in [0.2, 0.25) is 5.13 Å². The Hall–Kier alpha value is -1.47. The van der Waals surface area contributed by atoms with Crippen LogP contribution >= 0.6 is 23.1 Å². The summed E-state index contributed by atoms with van der Waals surface area (Å²) in [6.45, 7) is 0.653. The number of rotatable bonds is 7. The van der Waals surface area contributed by atoms with E-state index >= 15 is 0 Å². The monoisotopic (exact) mass is 310 g/mol. The zero-order valence-electron chi connectivity index (χ0n) is 11.6. The summed E-state index contributed by atoms with van der Waals surface area (Å²) < 4.78 is 6.63. The van der Waals surface area contributed by atoms with E-state index < -0.39 is 0 Å². The lowest BCUT2D eigenvalue weighted by molar-refractivity contribution is 0.320. The fourth-order valence-electron chi connectivity index (χ4n) is 1.45. The number of benzene rings is 1. The minimum Gasteiger partial charge on any atom is -0.491 e. The van der Waals surface area contributed by atoms with Crippen molar-refractivity contribution < 1.29 is 4.74 Å². The molecular formula is C13H18N4OS2. The minimum atomic E-state index is 0.653. The Morgan fingerprint density at radius 1 is 1.30 bits per heavy atom. The predicted octanol–water partition coefficient (Wildman–Crippen LogP) is 2.75. The molecule has 0 amide bonds. The lowest BCUT2D eigenvalue weighted by Crippen LogP contribution is -2.07. The molecule has 0 radical (unpaired) electrons. The van der Waals surface area contributed by atoms with Crippen molar-refractivity contribution in [3.8, 4) is 5.75 Å². The smallest absolute Gasteiger partial charge is 0.208 e. The van der Waals surface area contributed by atoms with Crippen molar-refractivity contribution >= 4 is 33.9 Å². The Labute approximate surface area is 127 Å². The normalized spacial score (nSPS) is 10.5. The Bertz CT molecular complexity index is 545. The molecule has 5 nitrogen and oxygen atoms in total. The van der Waals surface area contributed by atoms with Crippen LogP contribution < -0.4 is 15.4 Å². The molecule has 1 aromatic carbocycles. The van der Waals surface area contributed by atoms with E-state index in [4.69, 9.17) is 10.5 Å². The number of ether oxygens (including phenoxy) is 1. The predicted molar refractivity (Wildman–Crippen MR) is 85.9 cm³/mol. The van der Waals surface area contributed by atoms with Crippen molar-refractivity contribution in [2.24, 2.45) is 0 Å². The topological polar surface area (TPSA) is 64.3 Å². The standard InChI is InChI=1S/C13H18N4OS2/c1-17(2)12-15-16-13(20-12)19-9-5-8-18-11-7-4-3-6-10(11)14/h3-4,6-7H,5,8-9,14H2,1-2H3. The highest BCUT2D eigenvalue weighted by Crippen LogP contribution is 2.27. The van der Waals surface area contributed by atoms with Gasteiger partial charge in [-0.1, -0.05) is 35.2 Å². The van der Waals surface area contributed by atoms with Crippen LogP contribution in [0.15, 0.2) is 28.6 Å². The number of para-hydroxylation sites is 2. The van der Waals surface area contributed by atoms with Crippen LogP contribution in [0.25, 0.3) is 0 Å². The molecule has 2 rings (SSSR count). The molecule has 0 aliphatic carbocycles. The summed E-state index contributed by atoms with van der Waals surface area (Å²) in [6, 6.07) is 7.55. The molecule has 20 heavy (non-hydrogen) atoms. The Balaban J connectivity index is 1.68. The quantitative estimate of drug-likeness (QED) is 0.482. The average Bonchev–Trinajstić information content (AvgIpc) is 2.89. The maximum atomic E-state index is 5.81. The van der Waals surface area contributed by atoms with Gasteiger partial charge in [0.1, 0.15) is 5.75 Å². The van der Waals surface area contributed by atoms with Crippen LogP contribution in [-0.4, -0.2) is 36.7 Å². The molecular weight excluding hydrogens is 292 g/mol. The van der Waals surface area contributed by atoms with Crippen molar-refractivity contribution in [3.63, 3.8) is 0 Å². The third-order valence-electron chi connectivity index (χ3n) is 2.47. The van der Waals surface area contributed by atoms with Crippen LogP contribution in [0.4, 0.5) is 10.8 Å². The first kappa shape index (κ1) is 14.9. The first-order chi connectivity index (χ1) is 9.66. The largest absolute Gasteiger partial charge is 0.491 e. The summed E-state index contributed by atoms with van der Waals surface area (Å²) in [5, 5.41) is 9.17. The molecule has 1 aromatic heterocycles. The summed E-state index contributed by atoms with van der Waals surface area (Å²) in [5.74, 6) is 1.71. The lowest BCUT2D eigenvalue weighted by atomic mass is 10.3. The number of hydrogen-bond donors (Lipinski definition) is 1. The van der Waals surface area contributed by atoms with E-state index in [-0.39, 0.29) is 0 Å². The molecule has 0 aliphatic heterocycles. The van der Waals surface area contributed by atoms with Gasteiger partial charge in [-0.3, -0.25) is 0 Å². The van der Waals surface area contributed by atoms with Gasteiger partial charge in [0.25, 0.3) is 0 Å². The van der Waals surface area contributed by atoms with Crippen LogP contribution in [0, 0.1) is 0 Å². The van der Waals surface area contributed by atoms with Crippen LogP contribution in [0.3, 0.4) is 0 Å². The molecule has 0 saturated heterocycles. The summed E-state index contributed by atoms with van der Waals surface area (Å²) >= 11 is 3.31. The fourth-order valence-corrected chi connectivity index (χ4v) is 3.20. The van der Waals surface area contributed by atoms with Crippen molar-refractivity contribution in [2.45, 2.75) is 10.8 Å². The van der Waals surface area contributed by atoms with E-state index in [9.17, 15) is 0 Å². The van der Waals surface area contributed by atoms with Crippen molar-refractivity contribution in [3.05, 3.63) is 24.3 Å². The molecule has 0 atom stereocenters. The number of thioether (sulfide) groups is 1. The highest BCUT2D eigenvalue weighted by molar-refractivity contribution is 8.01. The third-order valence-corrected chi connectivity index (χ3v) is 4.78. The first-order valence-electron chi connectivity index (χ1n) is 6.28. The molecule has 2 N–H and O–H groups in total. The van der Waals surface area contributed by atoms with Gasteiger partial charge in [0.05, 0.1) is 12.3 Å². The summed E-state index contributed by atoms with van der Waals surface area (Å²) in [6.07, 6.45) is 0.940. The SMILES string of the molecule is CN(C)c1nnc(SCCCOc2ccccc2N)s1. The first-order valence-corrected chi connectivity index (χ1v) is 8.08. The zero-order chi connectivity index (χ0) is 14.4. The molecule has 7 heteroatoms. The van der Waals surface area contributed by atoms with Gasteiger partial charge < -0.3 is 15.4 Å². The second-order valence-electron chi connectivity index (χ2n) is 4.33. The summed E-state index contributed by atoms with van der Waals surface area (Å²) in [5.41, 5.74) is 6.49. The van der Waals surface area contributed by atoms with E-state index in [0.717, 1.165) is 27.4 Å². The van der Waals surface area contributed by atoms with Crippen LogP contribution in [0.2, 0.25) is 0 Å². The van der Waals surface area contributed by atoms with Gasteiger partial charge in [-0.15, -0.1) is 10.2 Å². The van der Waals surface area contributed by atoms with E-state index in [1.165, 1.54) is 0 Å². The average molecular weight is 310 g/mol. The molecule has 0 fully saturated rings. The van der Waals surface area contributed by atoms with Gasteiger partial charge in [0.15, 0.2) is 4.34 Å². The maximum absolute atomic E-state index is 5.81. The van der Waals surface area contributed by atoms with E-state index in [1.54, 1.807) is 23.1 Å². The van der Waals surface area contributed by atoms with Crippen molar-refractivity contribution in [2.75, 3.05) is 37.1 Å².